The minimum Gasteiger partial charge on any atom is -0.462 e. The number of carbonyl (C=O) groups is 2. The Balaban J connectivity index is 2.68. The van der Waals surface area contributed by atoms with Crippen LogP contribution in [0.2, 0.25) is 0 Å². The normalized spacial score (nSPS) is 9.74. The van der Waals surface area contributed by atoms with Gasteiger partial charge in [0, 0.05) is 0 Å². The summed E-state index contributed by atoms with van der Waals surface area (Å²) in [6, 6.07) is 6.30. The van der Waals surface area contributed by atoms with E-state index in [1.165, 1.54) is 12.1 Å². The maximum atomic E-state index is 11.7. The third-order valence-electron chi connectivity index (χ3n) is 2.40. The molecule has 1 aromatic rings. The zero-order chi connectivity index (χ0) is 14.1. The van der Waals surface area contributed by atoms with Crippen molar-refractivity contribution in [3.63, 3.8) is 0 Å². The zero-order valence-electron chi connectivity index (χ0n) is 11.1. The Bertz CT molecular complexity index is 451. The molecule has 0 amide bonds. The summed E-state index contributed by atoms with van der Waals surface area (Å²) in [5.41, 5.74) is 0.677. The lowest BCUT2D eigenvalue weighted by atomic mass is 10.1. The van der Waals surface area contributed by atoms with E-state index < -0.39 is 11.9 Å². The van der Waals surface area contributed by atoms with Crippen molar-refractivity contribution < 1.29 is 19.1 Å². The van der Waals surface area contributed by atoms with E-state index in [0.29, 0.717) is 17.7 Å². The quantitative estimate of drug-likeness (QED) is 0.430. The van der Waals surface area contributed by atoms with E-state index in [0.717, 1.165) is 12.8 Å². The van der Waals surface area contributed by atoms with Crippen LogP contribution >= 0.6 is 0 Å². The predicted molar refractivity (Wildman–Crippen MR) is 72.1 cm³/mol. The molecule has 1 rings (SSSR count). The summed E-state index contributed by atoms with van der Waals surface area (Å²) in [6.07, 6.45) is 3.27. The highest BCUT2D eigenvalue weighted by Crippen LogP contribution is 2.09. The molecular weight excluding hydrogens is 244 g/mol. The maximum absolute atomic E-state index is 11.7. The van der Waals surface area contributed by atoms with E-state index in [1.807, 2.05) is 6.92 Å². The average molecular weight is 262 g/mol. The third-order valence-corrected chi connectivity index (χ3v) is 2.40. The van der Waals surface area contributed by atoms with Gasteiger partial charge in [-0.15, -0.1) is 0 Å². The Hall–Kier alpha value is -2.10. The minimum absolute atomic E-state index is 0.143. The highest BCUT2D eigenvalue weighted by atomic mass is 16.5. The van der Waals surface area contributed by atoms with Gasteiger partial charge in [-0.1, -0.05) is 32.1 Å². The van der Waals surface area contributed by atoms with Gasteiger partial charge >= 0.3 is 11.9 Å². The number of unbranched alkanes of at least 4 members (excludes halogenated alkanes) is 1. The van der Waals surface area contributed by atoms with E-state index in [4.69, 9.17) is 9.47 Å². The lowest BCUT2D eigenvalue weighted by Crippen LogP contribution is -2.09. The van der Waals surface area contributed by atoms with Crippen LogP contribution in [0.15, 0.2) is 36.9 Å². The zero-order valence-corrected chi connectivity index (χ0v) is 11.1. The fourth-order valence-electron chi connectivity index (χ4n) is 1.38. The Labute approximate surface area is 113 Å². The van der Waals surface area contributed by atoms with Crippen molar-refractivity contribution in [2.45, 2.75) is 19.8 Å². The summed E-state index contributed by atoms with van der Waals surface area (Å²) >= 11 is 0. The molecule has 4 nitrogen and oxygen atoms in total. The van der Waals surface area contributed by atoms with Crippen LogP contribution in [0.1, 0.15) is 40.5 Å². The molecule has 0 saturated heterocycles. The van der Waals surface area contributed by atoms with Gasteiger partial charge in [-0.3, -0.25) is 0 Å². The molecule has 0 aliphatic rings. The van der Waals surface area contributed by atoms with Crippen LogP contribution in [-0.4, -0.2) is 25.2 Å². The Morgan fingerprint density at radius 2 is 1.84 bits per heavy atom. The standard InChI is InChI=1S/C15H18O4/c1-3-5-10-19-15(17)13-8-6-7-12(11-13)14(16)18-9-4-2/h4,6-8,11H,2-3,5,9-10H2,1H3. The number of hydrogen-bond donors (Lipinski definition) is 0. The molecule has 0 saturated carbocycles. The second-order valence-corrected chi connectivity index (χ2v) is 3.96. The minimum atomic E-state index is -0.483. The molecule has 0 aliphatic carbocycles. The number of hydrogen-bond acceptors (Lipinski definition) is 4. The molecule has 19 heavy (non-hydrogen) atoms. The first-order valence-corrected chi connectivity index (χ1v) is 6.24. The molecular formula is C15H18O4. The SMILES string of the molecule is C=CCOC(=O)c1cccc(C(=O)OCCCC)c1. The van der Waals surface area contributed by atoms with E-state index in [1.54, 1.807) is 18.2 Å². The molecule has 0 fully saturated rings. The molecule has 0 N–H and O–H groups in total. The van der Waals surface area contributed by atoms with Crippen molar-refractivity contribution >= 4 is 11.9 Å². The molecule has 0 aliphatic heterocycles. The number of benzene rings is 1. The number of rotatable bonds is 7. The van der Waals surface area contributed by atoms with E-state index >= 15 is 0 Å². The largest absolute Gasteiger partial charge is 0.462 e. The van der Waals surface area contributed by atoms with Crippen molar-refractivity contribution in [1.29, 1.82) is 0 Å². The fraction of sp³-hybridized carbons (Fsp3) is 0.333. The monoisotopic (exact) mass is 262 g/mol. The van der Waals surface area contributed by atoms with E-state index in [-0.39, 0.29) is 6.61 Å². The second kappa shape index (κ2) is 8.08. The van der Waals surface area contributed by atoms with Crippen LogP contribution in [0.3, 0.4) is 0 Å². The summed E-state index contributed by atoms with van der Waals surface area (Å²) in [5, 5.41) is 0. The molecule has 0 unspecified atom stereocenters. The van der Waals surface area contributed by atoms with Crippen LogP contribution in [0.4, 0.5) is 0 Å². The van der Waals surface area contributed by atoms with Crippen LogP contribution in [-0.2, 0) is 9.47 Å². The first-order chi connectivity index (χ1) is 9.19. The Morgan fingerprint density at radius 3 is 2.42 bits per heavy atom. The van der Waals surface area contributed by atoms with Gasteiger partial charge in [-0.05, 0) is 24.6 Å². The number of ether oxygens (including phenoxy) is 2. The van der Waals surface area contributed by atoms with Gasteiger partial charge in [0.25, 0.3) is 0 Å². The molecule has 102 valence electrons. The van der Waals surface area contributed by atoms with Gasteiger partial charge in [0.05, 0.1) is 17.7 Å². The van der Waals surface area contributed by atoms with E-state index in [2.05, 4.69) is 6.58 Å². The third kappa shape index (κ3) is 4.95. The first-order valence-electron chi connectivity index (χ1n) is 6.24. The van der Waals surface area contributed by atoms with Gasteiger partial charge < -0.3 is 9.47 Å². The van der Waals surface area contributed by atoms with Gasteiger partial charge in [0.15, 0.2) is 0 Å². The van der Waals surface area contributed by atoms with Gasteiger partial charge in [0.2, 0.25) is 0 Å². The van der Waals surface area contributed by atoms with Crippen molar-refractivity contribution in [3.8, 4) is 0 Å². The maximum Gasteiger partial charge on any atom is 0.338 e. The summed E-state index contributed by atoms with van der Waals surface area (Å²) in [7, 11) is 0. The van der Waals surface area contributed by atoms with Crippen LogP contribution in [0, 0.1) is 0 Å². The first kappa shape index (κ1) is 15.0. The number of esters is 2. The highest BCUT2D eigenvalue weighted by Gasteiger charge is 2.11. The Kier molecular flexibility index (Phi) is 6.36. The van der Waals surface area contributed by atoms with Crippen LogP contribution in [0.25, 0.3) is 0 Å². The smallest absolute Gasteiger partial charge is 0.338 e. The lowest BCUT2D eigenvalue weighted by molar-refractivity contribution is 0.0499. The molecule has 0 bridgehead atoms. The fourth-order valence-corrected chi connectivity index (χ4v) is 1.38. The van der Waals surface area contributed by atoms with Gasteiger partial charge in [0.1, 0.15) is 6.61 Å². The van der Waals surface area contributed by atoms with Crippen molar-refractivity contribution in [2.24, 2.45) is 0 Å². The summed E-state index contributed by atoms with van der Waals surface area (Å²) < 4.78 is 9.98. The van der Waals surface area contributed by atoms with Crippen LogP contribution < -0.4 is 0 Å². The van der Waals surface area contributed by atoms with Crippen molar-refractivity contribution in [1.82, 2.24) is 0 Å². The summed E-state index contributed by atoms with van der Waals surface area (Å²) in [5.74, 6) is -0.907. The molecule has 0 radical (unpaired) electrons. The molecule has 4 heteroatoms. The summed E-state index contributed by atoms with van der Waals surface area (Å²) in [4.78, 5) is 23.3. The van der Waals surface area contributed by atoms with Gasteiger partial charge in [-0.25, -0.2) is 9.59 Å². The second-order valence-electron chi connectivity index (χ2n) is 3.96. The van der Waals surface area contributed by atoms with E-state index in [9.17, 15) is 9.59 Å². The van der Waals surface area contributed by atoms with Crippen LogP contribution in [0.5, 0.6) is 0 Å². The molecule has 0 atom stereocenters. The molecule has 0 spiro atoms. The summed E-state index contributed by atoms with van der Waals surface area (Å²) in [6.45, 7) is 6.01. The topological polar surface area (TPSA) is 52.6 Å². The van der Waals surface area contributed by atoms with Crippen molar-refractivity contribution in [2.75, 3.05) is 13.2 Å². The molecule has 1 aromatic carbocycles. The van der Waals surface area contributed by atoms with Gasteiger partial charge in [-0.2, -0.15) is 0 Å². The van der Waals surface area contributed by atoms with Crippen molar-refractivity contribution in [3.05, 3.63) is 48.0 Å². The predicted octanol–water partition coefficient (Wildman–Crippen LogP) is 2.99. The number of carbonyl (C=O) groups excluding carboxylic acids is 2. The molecule has 0 heterocycles. The lowest BCUT2D eigenvalue weighted by Gasteiger charge is -2.06. The highest BCUT2D eigenvalue weighted by molar-refractivity contribution is 5.95. The Morgan fingerprint density at radius 1 is 1.21 bits per heavy atom. The average Bonchev–Trinajstić information content (AvgIpc) is 2.45. The molecule has 0 aromatic heterocycles.